The molecule has 6 nitrogen and oxygen atoms in total. The molecule has 154 valence electrons. The van der Waals surface area contributed by atoms with Crippen LogP contribution in [0.5, 0.6) is 0 Å². The van der Waals surface area contributed by atoms with E-state index in [2.05, 4.69) is 0 Å². The maximum Gasteiger partial charge on any atom is 0.261 e. The average Bonchev–Trinajstić information content (AvgIpc) is 3.03. The standard InChI is InChI=1S/C23H28N2O4/c1-2-20(26)15-10-12-24(13-11-15)21(27)16-8-9-18-19(14-16)23(29)25(22(18)28)17-6-4-3-5-7-17/h8-9,14-15,17H,2-7,10-13H2,1H3. The molecule has 4 rings (SSSR count). The number of amides is 3. The summed E-state index contributed by atoms with van der Waals surface area (Å²) >= 11 is 0. The molecule has 2 heterocycles. The van der Waals surface area contributed by atoms with Crippen LogP contribution in [0.25, 0.3) is 0 Å². The molecule has 0 atom stereocenters. The number of carbonyl (C=O) groups excluding carboxylic acids is 4. The van der Waals surface area contributed by atoms with Crippen LogP contribution in [0.1, 0.15) is 89.4 Å². The first-order valence-electron chi connectivity index (χ1n) is 10.8. The molecule has 0 unspecified atom stereocenters. The predicted molar refractivity (Wildman–Crippen MR) is 108 cm³/mol. The van der Waals surface area contributed by atoms with Crippen LogP contribution >= 0.6 is 0 Å². The third-order valence-corrected chi connectivity index (χ3v) is 6.69. The van der Waals surface area contributed by atoms with E-state index < -0.39 is 0 Å². The van der Waals surface area contributed by atoms with Crippen molar-refractivity contribution in [2.75, 3.05) is 13.1 Å². The Hall–Kier alpha value is -2.50. The zero-order valence-electron chi connectivity index (χ0n) is 17.0. The van der Waals surface area contributed by atoms with Crippen LogP contribution in [0.3, 0.4) is 0 Å². The molecule has 29 heavy (non-hydrogen) atoms. The molecule has 6 heteroatoms. The van der Waals surface area contributed by atoms with Crippen molar-refractivity contribution in [3.8, 4) is 0 Å². The van der Waals surface area contributed by atoms with Crippen molar-refractivity contribution in [3.63, 3.8) is 0 Å². The fourth-order valence-corrected chi connectivity index (χ4v) is 4.94. The molecule has 0 bridgehead atoms. The van der Waals surface area contributed by atoms with Crippen LogP contribution in [0.4, 0.5) is 0 Å². The van der Waals surface area contributed by atoms with E-state index in [9.17, 15) is 19.2 Å². The lowest BCUT2D eigenvalue weighted by Crippen LogP contribution is -2.41. The highest BCUT2D eigenvalue weighted by molar-refractivity contribution is 6.22. The molecule has 1 saturated heterocycles. The second-order valence-corrected chi connectivity index (χ2v) is 8.42. The number of Topliss-reactive ketones (excluding diaryl/α,β-unsaturated/α-hetero) is 1. The number of hydrogen-bond acceptors (Lipinski definition) is 4. The van der Waals surface area contributed by atoms with Crippen LogP contribution in [0, 0.1) is 5.92 Å². The van der Waals surface area contributed by atoms with Gasteiger partial charge >= 0.3 is 0 Å². The van der Waals surface area contributed by atoms with Crippen LogP contribution < -0.4 is 0 Å². The van der Waals surface area contributed by atoms with Crippen LogP contribution in [-0.4, -0.2) is 52.4 Å². The van der Waals surface area contributed by atoms with E-state index in [-0.39, 0.29) is 35.5 Å². The Bertz CT molecular complexity index is 848. The van der Waals surface area contributed by atoms with E-state index in [0.29, 0.717) is 49.0 Å². The Labute approximate surface area is 171 Å². The smallest absolute Gasteiger partial charge is 0.261 e. The fraction of sp³-hybridized carbons (Fsp3) is 0.565. The van der Waals surface area contributed by atoms with Crippen molar-refractivity contribution in [1.29, 1.82) is 0 Å². The highest BCUT2D eigenvalue weighted by atomic mass is 16.2. The molecular formula is C23H28N2O4. The minimum absolute atomic E-state index is 0.0227. The van der Waals surface area contributed by atoms with Crippen molar-refractivity contribution in [3.05, 3.63) is 34.9 Å². The second kappa shape index (κ2) is 8.09. The van der Waals surface area contributed by atoms with Gasteiger partial charge in [-0.3, -0.25) is 24.1 Å². The summed E-state index contributed by atoms with van der Waals surface area (Å²) in [5.41, 5.74) is 1.20. The quantitative estimate of drug-likeness (QED) is 0.731. The molecule has 3 amide bonds. The first-order valence-corrected chi connectivity index (χ1v) is 10.8. The van der Waals surface area contributed by atoms with Crippen LogP contribution in [0.15, 0.2) is 18.2 Å². The maximum absolute atomic E-state index is 13.0. The maximum atomic E-state index is 13.0. The fourth-order valence-electron chi connectivity index (χ4n) is 4.94. The summed E-state index contributed by atoms with van der Waals surface area (Å²) in [5.74, 6) is -0.311. The Morgan fingerprint density at radius 3 is 2.24 bits per heavy atom. The number of fused-ring (bicyclic) bond motifs is 1. The number of rotatable bonds is 4. The van der Waals surface area contributed by atoms with Crippen molar-refractivity contribution < 1.29 is 19.2 Å². The molecule has 1 saturated carbocycles. The van der Waals surface area contributed by atoms with Gasteiger partial charge in [0.15, 0.2) is 0 Å². The molecule has 0 N–H and O–H groups in total. The molecule has 2 fully saturated rings. The Morgan fingerprint density at radius 2 is 1.59 bits per heavy atom. The number of carbonyl (C=O) groups is 4. The number of hydrogen-bond donors (Lipinski definition) is 0. The summed E-state index contributed by atoms with van der Waals surface area (Å²) in [6.45, 7) is 2.97. The van der Waals surface area contributed by atoms with Crippen molar-refractivity contribution in [1.82, 2.24) is 9.80 Å². The Kier molecular flexibility index (Phi) is 5.52. The number of imide groups is 1. The van der Waals surface area contributed by atoms with Gasteiger partial charge in [-0.2, -0.15) is 0 Å². The topological polar surface area (TPSA) is 74.8 Å². The van der Waals surface area contributed by atoms with Crippen molar-refractivity contribution >= 4 is 23.5 Å². The molecule has 1 aromatic rings. The minimum Gasteiger partial charge on any atom is -0.339 e. The first kappa shape index (κ1) is 19.8. The third kappa shape index (κ3) is 3.61. The normalized spacial score (nSPS) is 20.9. The summed E-state index contributed by atoms with van der Waals surface area (Å²) in [4.78, 5) is 53.8. The predicted octanol–water partition coefficient (Wildman–Crippen LogP) is 3.45. The Morgan fingerprint density at radius 1 is 0.931 bits per heavy atom. The molecule has 0 radical (unpaired) electrons. The van der Waals surface area contributed by atoms with Gasteiger partial charge in [0.2, 0.25) is 0 Å². The summed E-state index contributed by atoms with van der Waals surface area (Å²) in [6.07, 6.45) is 6.88. The molecular weight excluding hydrogens is 368 g/mol. The largest absolute Gasteiger partial charge is 0.339 e. The zero-order chi connectivity index (χ0) is 20.5. The van der Waals surface area contributed by atoms with Crippen molar-refractivity contribution in [2.45, 2.75) is 64.3 Å². The van der Waals surface area contributed by atoms with Crippen molar-refractivity contribution in [2.24, 2.45) is 5.92 Å². The van der Waals surface area contributed by atoms with Crippen LogP contribution in [0.2, 0.25) is 0 Å². The first-order chi connectivity index (χ1) is 14.0. The van der Waals surface area contributed by atoms with Gasteiger partial charge in [0.05, 0.1) is 11.1 Å². The highest BCUT2D eigenvalue weighted by Gasteiger charge is 2.40. The number of ketones is 1. The highest BCUT2D eigenvalue weighted by Crippen LogP contribution is 2.32. The molecule has 1 aliphatic carbocycles. The number of nitrogens with zero attached hydrogens (tertiary/aromatic N) is 2. The summed E-state index contributed by atoms with van der Waals surface area (Å²) in [7, 11) is 0. The van der Waals surface area contributed by atoms with E-state index in [4.69, 9.17) is 0 Å². The van der Waals surface area contributed by atoms with E-state index in [1.54, 1.807) is 23.1 Å². The SMILES string of the molecule is CCC(=O)C1CCN(C(=O)c2ccc3c(c2)C(=O)N(C2CCCCC2)C3=O)CC1. The number of benzene rings is 1. The van der Waals surface area contributed by atoms with Gasteiger partial charge in [0.1, 0.15) is 5.78 Å². The second-order valence-electron chi connectivity index (χ2n) is 8.42. The van der Waals surface area contributed by atoms with Gasteiger partial charge in [0, 0.05) is 37.0 Å². The van der Waals surface area contributed by atoms with Gasteiger partial charge < -0.3 is 4.90 Å². The number of piperidine rings is 1. The lowest BCUT2D eigenvalue weighted by Gasteiger charge is -2.31. The minimum atomic E-state index is -0.265. The monoisotopic (exact) mass is 396 g/mol. The van der Waals surface area contributed by atoms with Gasteiger partial charge in [0.25, 0.3) is 17.7 Å². The lowest BCUT2D eigenvalue weighted by molar-refractivity contribution is -0.123. The molecule has 0 aromatic heterocycles. The summed E-state index contributed by atoms with van der Waals surface area (Å²) in [5, 5.41) is 0. The summed E-state index contributed by atoms with van der Waals surface area (Å²) in [6, 6.07) is 4.84. The van der Waals surface area contributed by atoms with Gasteiger partial charge in [-0.15, -0.1) is 0 Å². The van der Waals surface area contributed by atoms with Gasteiger partial charge in [-0.1, -0.05) is 26.2 Å². The van der Waals surface area contributed by atoms with Gasteiger partial charge in [-0.25, -0.2) is 0 Å². The van der Waals surface area contributed by atoms with Crippen LogP contribution in [-0.2, 0) is 4.79 Å². The Balaban J connectivity index is 1.49. The van der Waals surface area contributed by atoms with Gasteiger partial charge in [-0.05, 0) is 43.9 Å². The molecule has 3 aliphatic rings. The van der Waals surface area contributed by atoms with E-state index in [0.717, 1.165) is 32.1 Å². The van der Waals surface area contributed by atoms with E-state index >= 15 is 0 Å². The lowest BCUT2D eigenvalue weighted by atomic mass is 9.91. The molecule has 0 spiro atoms. The summed E-state index contributed by atoms with van der Waals surface area (Å²) < 4.78 is 0. The number of likely N-dealkylation sites (tertiary alicyclic amines) is 1. The zero-order valence-corrected chi connectivity index (χ0v) is 17.0. The molecule has 2 aliphatic heterocycles. The third-order valence-electron chi connectivity index (χ3n) is 6.69. The van der Waals surface area contributed by atoms with E-state index in [1.165, 1.54) is 4.90 Å². The average molecular weight is 396 g/mol. The molecule has 1 aromatic carbocycles. The van der Waals surface area contributed by atoms with E-state index in [1.807, 2.05) is 6.92 Å².